The smallest absolute Gasteiger partial charge is 0.277 e. The summed E-state index contributed by atoms with van der Waals surface area (Å²) in [5, 5.41) is 9.58. The highest BCUT2D eigenvalue weighted by Crippen LogP contribution is 2.20. The summed E-state index contributed by atoms with van der Waals surface area (Å²) in [6, 6.07) is 12.6. The van der Waals surface area contributed by atoms with Gasteiger partial charge >= 0.3 is 0 Å². The van der Waals surface area contributed by atoms with Crippen LogP contribution >= 0.6 is 0 Å². The summed E-state index contributed by atoms with van der Waals surface area (Å²) < 4.78 is 15.0. The highest BCUT2D eigenvalue weighted by Gasteiger charge is 2.12. The number of rotatable bonds is 3. The molecule has 0 radical (unpaired) electrons. The van der Waals surface area contributed by atoms with Gasteiger partial charge in [-0.25, -0.2) is 14.4 Å². The first-order chi connectivity index (χ1) is 12.1. The highest BCUT2D eigenvalue weighted by molar-refractivity contribution is 5.73. The minimum absolute atomic E-state index is 0.0804. The van der Waals surface area contributed by atoms with Crippen molar-refractivity contribution in [2.24, 2.45) is 0 Å². The minimum Gasteiger partial charge on any atom is -0.508 e. The summed E-state index contributed by atoms with van der Waals surface area (Å²) in [5.41, 5.74) is 1.55. The fraction of sp³-hybridized carbons (Fsp3) is 0.0556. The van der Waals surface area contributed by atoms with Crippen molar-refractivity contribution in [2.45, 2.75) is 6.54 Å². The molecular formula is C18H13FN4O2. The molecule has 124 valence electrons. The Balaban J connectivity index is 1.78. The molecule has 2 N–H and O–H groups in total. The zero-order valence-electron chi connectivity index (χ0n) is 13.0. The maximum absolute atomic E-state index is 13.3. The molecule has 4 rings (SSSR count). The van der Waals surface area contributed by atoms with Crippen LogP contribution < -0.4 is 5.56 Å². The van der Waals surface area contributed by atoms with Crippen molar-refractivity contribution in [3.05, 3.63) is 76.6 Å². The van der Waals surface area contributed by atoms with Crippen LogP contribution in [0.4, 0.5) is 4.39 Å². The van der Waals surface area contributed by atoms with Gasteiger partial charge in [0, 0.05) is 12.1 Å². The van der Waals surface area contributed by atoms with Gasteiger partial charge in [0.25, 0.3) is 5.56 Å². The normalized spacial score (nSPS) is 11.1. The second-order valence-electron chi connectivity index (χ2n) is 5.64. The second-order valence-corrected chi connectivity index (χ2v) is 5.64. The maximum Gasteiger partial charge on any atom is 0.277 e. The molecule has 25 heavy (non-hydrogen) atoms. The fourth-order valence-corrected chi connectivity index (χ4v) is 2.73. The van der Waals surface area contributed by atoms with Crippen LogP contribution in [0.2, 0.25) is 0 Å². The first-order valence-electron chi connectivity index (χ1n) is 7.59. The van der Waals surface area contributed by atoms with E-state index in [2.05, 4.69) is 15.0 Å². The van der Waals surface area contributed by atoms with Gasteiger partial charge in [-0.05, 0) is 29.8 Å². The molecule has 0 fully saturated rings. The third-order valence-corrected chi connectivity index (χ3v) is 3.84. The summed E-state index contributed by atoms with van der Waals surface area (Å²) >= 11 is 0. The summed E-state index contributed by atoms with van der Waals surface area (Å²) in [6.45, 7) is 0.310. The van der Waals surface area contributed by atoms with Crippen molar-refractivity contribution in [1.29, 1.82) is 0 Å². The lowest BCUT2D eigenvalue weighted by atomic mass is 10.2. The van der Waals surface area contributed by atoms with Crippen molar-refractivity contribution in [2.75, 3.05) is 0 Å². The Morgan fingerprint density at radius 1 is 1.16 bits per heavy atom. The number of benzene rings is 2. The number of aromatic nitrogens is 4. The fourth-order valence-electron chi connectivity index (χ4n) is 2.73. The van der Waals surface area contributed by atoms with E-state index in [4.69, 9.17) is 0 Å². The molecule has 0 amide bonds. The van der Waals surface area contributed by atoms with Gasteiger partial charge in [0.15, 0.2) is 11.2 Å². The molecule has 0 aliphatic rings. The van der Waals surface area contributed by atoms with E-state index in [9.17, 15) is 14.3 Å². The Hall–Kier alpha value is -3.48. The van der Waals surface area contributed by atoms with Gasteiger partial charge in [-0.2, -0.15) is 0 Å². The van der Waals surface area contributed by atoms with Crippen LogP contribution in [0, 0.1) is 5.82 Å². The number of aromatic amines is 1. The Bertz CT molecular complexity index is 1130. The number of nitrogens with zero attached hydrogens (tertiary/aromatic N) is 3. The lowest BCUT2D eigenvalue weighted by Gasteiger charge is -2.05. The van der Waals surface area contributed by atoms with Crippen molar-refractivity contribution < 1.29 is 9.50 Å². The van der Waals surface area contributed by atoms with E-state index >= 15 is 0 Å². The molecule has 0 atom stereocenters. The number of imidazole rings is 1. The van der Waals surface area contributed by atoms with Gasteiger partial charge in [0.2, 0.25) is 0 Å². The van der Waals surface area contributed by atoms with Crippen LogP contribution in [0.25, 0.3) is 22.6 Å². The number of phenols is 1. The van der Waals surface area contributed by atoms with E-state index in [-0.39, 0.29) is 17.1 Å². The summed E-state index contributed by atoms with van der Waals surface area (Å²) in [6.07, 6.45) is 1.50. The van der Waals surface area contributed by atoms with Crippen molar-refractivity contribution in [3.63, 3.8) is 0 Å². The molecule has 0 spiro atoms. The molecule has 2 aromatic carbocycles. The zero-order valence-corrected chi connectivity index (χ0v) is 13.0. The lowest BCUT2D eigenvalue weighted by Crippen LogP contribution is -2.13. The van der Waals surface area contributed by atoms with E-state index in [0.29, 0.717) is 29.1 Å². The molecular weight excluding hydrogens is 323 g/mol. The van der Waals surface area contributed by atoms with Crippen molar-refractivity contribution in [1.82, 2.24) is 19.5 Å². The molecule has 0 bridgehead atoms. The first-order valence-corrected chi connectivity index (χ1v) is 7.59. The van der Waals surface area contributed by atoms with Crippen molar-refractivity contribution >= 4 is 11.2 Å². The molecule has 0 saturated carbocycles. The standard InChI is InChI=1S/C18H13FN4O2/c19-13-5-1-3-11(7-13)9-23-10-20-17-15(23)18(25)22-16(21-17)12-4-2-6-14(24)8-12/h1-8,10,24H,9H2,(H,21,22,25). The Morgan fingerprint density at radius 3 is 2.80 bits per heavy atom. The monoisotopic (exact) mass is 336 g/mol. The van der Waals surface area contributed by atoms with Gasteiger partial charge in [0.05, 0.1) is 6.33 Å². The third kappa shape index (κ3) is 2.87. The van der Waals surface area contributed by atoms with Crippen LogP contribution in [0.5, 0.6) is 5.75 Å². The van der Waals surface area contributed by atoms with Gasteiger partial charge in [-0.15, -0.1) is 0 Å². The number of hydrogen-bond donors (Lipinski definition) is 2. The molecule has 0 saturated heterocycles. The maximum atomic E-state index is 13.3. The van der Waals surface area contributed by atoms with Gasteiger partial charge < -0.3 is 14.7 Å². The average molecular weight is 336 g/mol. The quantitative estimate of drug-likeness (QED) is 0.602. The number of H-pyrrole nitrogens is 1. The molecule has 7 heteroatoms. The molecule has 0 unspecified atom stereocenters. The average Bonchev–Trinajstić information content (AvgIpc) is 2.98. The zero-order chi connectivity index (χ0) is 17.4. The SMILES string of the molecule is O=c1[nH]c(-c2cccc(O)c2)nc2ncn(Cc3cccc(F)c3)c12. The van der Waals surface area contributed by atoms with Crippen LogP contribution in [0.3, 0.4) is 0 Å². The largest absolute Gasteiger partial charge is 0.508 e. The topological polar surface area (TPSA) is 83.8 Å². The van der Waals surface area contributed by atoms with Gasteiger partial charge in [-0.3, -0.25) is 4.79 Å². The number of halogens is 1. The van der Waals surface area contributed by atoms with Crippen LogP contribution in [0.1, 0.15) is 5.56 Å². The van der Waals surface area contributed by atoms with Crippen LogP contribution in [-0.2, 0) is 6.54 Å². The second kappa shape index (κ2) is 5.86. The van der Waals surface area contributed by atoms with E-state index < -0.39 is 0 Å². The summed E-state index contributed by atoms with van der Waals surface area (Å²) in [7, 11) is 0. The number of nitrogens with one attached hydrogen (secondary N) is 1. The lowest BCUT2D eigenvalue weighted by molar-refractivity contribution is 0.475. The van der Waals surface area contributed by atoms with Gasteiger partial charge in [-0.1, -0.05) is 24.3 Å². The highest BCUT2D eigenvalue weighted by atomic mass is 19.1. The number of hydrogen-bond acceptors (Lipinski definition) is 4. The molecule has 0 aliphatic heterocycles. The molecule has 6 nitrogen and oxygen atoms in total. The van der Waals surface area contributed by atoms with E-state index in [1.165, 1.54) is 30.6 Å². The van der Waals surface area contributed by atoms with E-state index in [0.717, 1.165) is 5.56 Å². The third-order valence-electron chi connectivity index (χ3n) is 3.84. The Morgan fingerprint density at radius 2 is 2.00 bits per heavy atom. The summed E-state index contributed by atoms with van der Waals surface area (Å²) in [5.74, 6) is 0.0708. The molecule has 0 aliphatic carbocycles. The predicted octanol–water partition coefficient (Wildman–Crippen LogP) is 2.68. The number of fused-ring (bicyclic) bond motifs is 1. The predicted molar refractivity (Wildman–Crippen MR) is 90.8 cm³/mol. The molecule has 4 aromatic rings. The minimum atomic E-state index is -0.350. The number of phenolic OH excluding ortho intramolecular Hbond substituents is 1. The van der Waals surface area contributed by atoms with Crippen molar-refractivity contribution in [3.8, 4) is 17.1 Å². The Labute approximate surface area is 141 Å². The van der Waals surface area contributed by atoms with E-state index in [1.54, 1.807) is 28.8 Å². The summed E-state index contributed by atoms with van der Waals surface area (Å²) in [4.78, 5) is 23.7. The first kappa shape index (κ1) is 15.1. The number of aromatic hydroxyl groups is 1. The van der Waals surface area contributed by atoms with Gasteiger partial charge in [0.1, 0.15) is 17.4 Å². The van der Waals surface area contributed by atoms with Crippen LogP contribution in [0.15, 0.2) is 59.7 Å². The molecule has 2 heterocycles. The van der Waals surface area contributed by atoms with E-state index in [1.807, 2.05) is 0 Å². The molecule has 2 aromatic heterocycles. The Kier molecular flexibility index (Phi) is 3.53. The van der Waals surface area contributed by atoms with Crippen LogP contribution in [-0.4, -0.2) is 24.6 Å².